The molecule has 0 bridgehead atoms. The molecule has 0 spiro atoms. The van der Waals surface area contributed by atoms with Gasteiger partial charge < -0.3 is 10.8 Å². The maximum absolute atomic E-state index is 10.8. The Hall–Kier alpha value is -1.64. The van der Waals surface area contributed by atoms with Crippen LogP contribution in [0.5, 0.6) is 0 Å². The van der Waals surface area contributed by atoms with Gasteiger partial charge in [0.15, 0.2) is 0 Å². The van der Waals surface area contributed by atoms with Crippen LogP contribution in [0.2, 0.25) is 0 Å². The van der Waals surface area contributed by atoms with Crippen LogP contribution in [0.1, 0.15) is 37.2 Å². The lowest BCUT2D eigenvalue weighted by molar-refractivity contribution is 0.0900. The van der Waals surface area contributed by atoms with Crippen molar-refractivity contribution in [2.24, 2.45) is 11.7 Å². The third kappa shape index (κ3) is 2.18. The van der Waals surface area contributed by atoms with Crippen LogP contribution in [0.15, 0.2) is 54.1 Å². The number of hydrogen-bond acceptors (Lipinski definition) is 2. The molecule has 2 aliphatic carbocycles. The number of nitrogens with two attached hydrogens (primary N) is 1. The normalized spacial score (nSPS) is 31.6. The minimum atomic E-state index is -0.480. The van der Waals surface area contributed by atoms with E-state index in [4.69, 9.17) is 5.73 Å². The van der Waals surface area contributed by atoms with Crippen molar-refractivity contribution in [2.75, 3.05) is 0 Å². The molecule has 4 atom stereocenters. The standard InChI is InChI=1S/C20H23NO/c21-18-12-14-7-2-4-10-16(14)19(20(18)22)17-11-5-8-13-6-1-3-9-15(13)17/h1,3,5-6,8-11,14,18-20,22H,2,4,7,12,21H2. The van der Waals surface area contributed by atoms with E-state index in [1.54, 1.807) is 0 Å². The molecule has 2 aromatic rings. The van der Waals surface area contributed by atoms with Crippen LogP contribution in [-0.4, -0.2) is 17.3 Å². The molecule has 4 rings (SSSR count). The van der Waals surface area contributed by atoms with Gasteiger partial charge in [-0.15, -0.1) is 0 Å². The van der Waals surface area contributed by atoms with E-state index in [9.17, 15) is 5.11 Å². The maximum Gasteiger partial charge on any atom is 0.0797 e. The molecular formula is C20H23NO. The zero-order valence-corrected chi connectivity index (χ0v) is 12.8. The van der Waals surface area contributed by atoms with Crippen molar-refractivity contribution >= 4 is 10.8 Å². The van der Waals surface area contributed by atoms with E-state index < -0.39 is 6.10 Å². The van der Waals surface area contributed by atoms with E-state index in [0.717, 1.165) is 12.8 Å². The highest BCUT2D eigenvalue weighted by Gasteiger charge is 2.40. The maximum atomic E-state index is 10.8. The molecule has 1 saturated carbocycles. The smallest absolute Gasteiger partial charge is 0.0797 e. The highest BCUT2D eigenvalue weighted by atomic mass is 16.3. The first-order valence-electron chi connectivity index (χ1n) is 8.37. The zero-order chi connectivity index (χ0) is 15.1. The highest BCUT2D eigenvalue weighted by molar-refractivity contribution is 5.86. The number of rotatable bonds is 1. The van der Waals surface area contributed by atoms with Crippen LogP contribution in [0.3, 0.4) is 0 Å². The lowest BCUT2D eigenvalue weighted by Gasteiger charge is -2.42. The number of benzene rings is 2. The molecular weight excluding hydrogens is 270 g/mol. The van der Waals surface area contributed by atoms with E-state index in [1.165, 1.54) is 34.8 Å². The van der Waals surface area contributed by atoms with Gasteiger partial charge in [0.05, 0.1) is 6.10 Å². The molecule has 22 heavy (non-hydrogen) atoms. The summed E-state index contributed by atoms with van der Waals surface area (Å²) in [6.07, 6.45) is 6.41. The largest absolute Gasteiger partial charge is 0.391 e. The van der Waals surface area contributed by atoms with E-state index >= 15 is 0 Å². The van der Waals surface area contributed by atoms with Gasteiger partial charge in [-0.05, 0) is 47.9 Å². The topological polar surface area (TPSA) is 46.2 Å². The van der Waals surface area contributed by atoms with Crippen molar-refractivity contribution in [1.82, 2.24) is 0 Å². The monoisotopic (exact) mass is 293 g/mol. The molecule has 0 radical (unpaired) electrons. The van der Waals surface area contributed by atoms with Crippen molar-refractivity contribution < 1.29 is 5.11 Å². The first-order valence-corrected chi connectivity index (χ1v) is 8.37. The molecule has 0 aromatic heterocycles. The van der Waals surface area contributed by atoms with Crippen molar-refractivity contribution in [3.63, 3.8) is 0 Å². The van der Waals surface area contributed by atoms with Gasteiger partial charge >= 0.3 is 0 Å². The van der Waals surface area contributed by atoms with Gasteiger partial charge in [-0.1, -0.05) is 54.1 Å². The summed E-state index contributed by atoms with van der Waals surface area (Å²) >= 11 is 0. The average molecular weight is 293 g/mol. The minimum Gasteiger partial charge on any atom is -0.391 e. The SMILES string of the molecule is NC1CC2CCCC=C2C(c2cccc3ccccc23)C1O. The molecule has 4 unspecified atom stereocenters. The molecule has 2 nitrogen and oxygen atoms in total. The molecule has 0 saturated heterocycles. The van der Waals surface area contributed by atoms with Crippen LogP contribution in [0, 0.1) is 5.92 Å². The van der Waals surface area contributed by atoms with Crippen LogP contribution in [0.4, 0.5) is 0 Å². The Labute approximate surface area is 131 Å². The third-order valence-corrected chi connectivity index (χ3v) is 5.46. The molecule has 0 amide bonds. The fourth-order valence-electron chi connectivity index (χ4n) is 4.40. The quantitative estimate of drug-likeness (QED) is 0.787. The molecule has 1 fully saturated rings. The van der Waals surface area contributed by atoms with Crippen molar-refractivity contribution in [1.29, 1.82) is 0 Å². The fourth-order valence-corrected chi connectivity index (χ4v) is 4.40. The third-order valence-electron chi connectivity index (χ3n) is 5.46. The van der Waals surface area contributed by atoms with E-state index in [0.29, 0.717) is 5.92 Å². The van der Waals surface area contributed by atoms with Crippen molar-refractivity contribution in [2.45, 2.75) is 43.7 Å². The number of aliphatic hydroxyl groups excluding tert-OH is 1. The molecule has 0 aliphatic heterocycles. The predicted molar refractivity (Wildman–Crippen MR) is 90.7 cm³/mol. The van der Waals surface area contributed by atoms with Gasteiger partial charge in [-0.2, -0.15) is 0 Å². The molecule has 114 valence electrons. The summed E-state index contributed by atoms with van der Waals surface area (Å²) in [5.41, 5.74) is 8.94. The second-order valence-corrected chi connectivity index (χ2v) is 6.77. The Morgan fingerprint density at radius 2 is 1.86 bits per heavy atom. The molecule has 2 heteroatoms. The molecule has 2 aliphatic rings. The molecule has 3 N–H and O–H groups in total. The van der Waals surface area contributed by atoms with Gasteiger partial charge in [0, 0.05) is 12.0 Å². The van der Waals surface area contributed by atoms with Crippen LogP contribution in [0.25, 0.3) is 10.8 Å². The summed E-state index contributed by atoms with van der Waals surface area (Å²) < 4.78 is 0. The van der Waals surface area contributed by atoms with E-state index in [-0.39, 0.29) is 12.0 Å². The summed E-state index contributed by atoms with van der Waals surface area (Å²) in [6, 6.07) is 14.7. The first-order chi connectivity index (χ1) is 10.8. The fraction of sp³-hybridized carbons (Fsp3) is 0.400. The highest BCUT2D eigenvalue weighted by Crippen LogP contribution is 2.46. The van der Waals surface area contributed by atoms with Gasteiger partial charge in [-0.3, -0.25) is 0 Å². The Kier molecular flexibility index (Phi) is 3.51. The number of hydrogen-bond donors (Lipinski definition) is 2. The Bertz CT molecular complexity index is 715. The summed E-state index contributed by atoms with van der Waals surface area (Å²) in [7, 11) is 0. The van der Waals surface area contributed by atoms with Crippen LogP contribution in [-0.2, 0) is 0 Å². The summed E-state index contributed by atoms with van der Waals surface area (Å²) in [6.45, 7) is 0. The molecule has 0 heterocycles. The average Bonchev–Trinajstić information content (AvgIpc) is 2.56. The minimum absolute atomic E-state index is 0.0557. The van der Waals surface area contributed by atoms with Crippen molar-refractivity contribution in [3.8, 4) is 0 Å². The Morgan fingerprint density at radius 1 is 1.05 bits per heavy atom. The summed E-state index contributed by atoms with van der Waals surface area (Å²) in [5.74, 6) is 0.608. The van der Waals surface area contributed by atoms with Gasteiger partial charge in [0.2, 0.25) is 0 Å². The second kappa shape index (κ2) is 5.53. The number of fused-ring (bicyclic) bond motifs is 2. The molecule has 2 aromatic carbocycles. The van der Waals surface area contributed by atoms with Gasteiger partial charge in [-0.25, -0.2) is 0 Å². The first kappa shape index (κ1) is 14.0. The van der Waals surface area contributed by atoms with Crippen LogP contribution >= 0.6 is 0 Å². The Morgan fingerprint density at radius 3 is 2.77 bits per heavy atom. The van der Waals surface area contributed by atoms with Gasteiger partial charge in [0.25, 0.3) is 0 Å². The summed E-state index contributed by atoms with van der Waals surface area (Å²) in [5, 5.41) is 13.3. The number of aliphatic hydroxyl groups is 1. The van der Waals surface area contributed by atoms with E-state index in [1.807, 2.05) is 0 Å². The number of allylic oxidation sites excluding steroid dienone is 1. The Balaban J connectivity index is 1.88. The van der Waals surface area contributed by atoms with E-state index in [2.05, 4.69) is 48.5 Å². The second-order valence-electron chi connectivity index (χ2n) is 6.77. The zero-order valence-electron chi connectivity index (χ0n) is 12.8. The predicted octanol–water partition coefficient (Wildman–Crippen LogP) is 3.74. The lowest BCUT2D eigenvalue weighted by Crippen LogP contribution is -2.46. The summed E-state index contributed by atoms with van der Waals surface area (Å²) in [4.78, 5) is 0. The van der Waals surface area contributed by atoms with Crippen molar-refractivity contribution in [3.05, 3.63) is 59.7 Å². The lowest BCUT2D eigenvalue weighted by atomic mass is 9.66. The van der Waals surface area contributed by atoms with Crippen LogP contribution < -0.4 is 5.73 Å². The van der Waals surface area contributed by atoms with Gasteiger partial charge in [0.1, 0.15) is 0 Å².